The molecule has 0 atom stereocenters. The number of methoxy groups -OCH3 is 3. The minimum atomic E-state index is -0.0887. The zero-order valence-corrected chi connectivity index (χ0v) is 22.5. The molecule has 0 bridgehead atoms. The van der Waals surface area contributed by atoms with Gasteiger partial charge in [0.05, 0.1) is 44.1 Å². The predicted molar refractivity (Wildman–Crippen MR) is 157 cm³/mol. The summed E-state index contributed by atoms with van der Waals surface area (Å²) >= 11 is 0. The Hall–Kier alpha value is -4.61. The molecule has 194 valence electrons. The third-order valence-electron chi connectivity index (χ3n) is 7.53. The highest BCUT2D eigenvalue weighted by Gasteiger charge is 2.22. The van der Waals surface area contributed by atoms with Crippen molar-refractivity contribution in [1.29, 1.82) is 0 Å². The number of hydrogen-bond acceptors (Lipinski definition) is 4. The molecule has 39 heavy (non-hydrogen) atoms. The number of fused-ring (bicyclic) bond motifs is 5. The van der Waals surface area contributed by atoms with Crippen molar-refractivity contribution in [3.63, 3.8) is 0 Å². The van der Waals surface area contributed by atoms with E-state index in [0.717, 1.165) is 49.1 Å². The number of aliphatic hydroxyl groups excluding tert-OH is 1. The quantitative estimate of drug-likeness (QED) is 0.195. The van der Waals surface area contributed by atoms with Gasteiger partial charge in [-0.2, -0.15) is 4.57 Å². The van der Waals surface area contributed by atoms with Crippen molar-refractivity contribution in [2.24, 2.45) is 7.05 Å². The third kappa shape index (κ3) is 4.03. The Balaban J connectivity index is 1.71. The van der Waals surface area contributed by atoms with Crippen molar-refractivity contribution in [2.75, 3.05) is 21.3 Å². The molecule has 0 spiro atoms. The molecule has 0 aliphatic heterocycles. The van der Waals surface area contributed by atoms with Crippen LogP contribution in [-0.4, -0.2) is 26.4 Å². The molecule has 5 nitrogen and oxygen atoms in total. The number of aliphatic hydroxyl groups is 1. The third-order valence-corrected chi connectivity index (χ3v) is 7.53. The first kappa shape index (κ1) is 24.7. The Morgan fingerprint density at radius 2 is 1.23 bits per heavy atom. The van der Waals surface area contributed by atoms with Crippen LogP contribution in [0.4, 0.5) is 0 Å². The second kappa shape index (κ2) is 9.93. The van der Waals surface area contributed by atoms with E-state index in [4.69, 9.17) is 14.2 Å². The van der Waals surface area contributed by atoms with E-state index >= 15 is 0 Å². The highest BCUT2D eigenvalue weighted by molar-refractivity contribution is 6.19. The van der Waals surface area contributed by atoms with Crippen LogP contribution in [0.15, 0.2) is 91.1 Å². The molecule has 1 heterocycles. The van der Waals surface area contributed by atoms with Gasteiger partial charge >= 0.3 is 0 Å². The van der Waals surface area contributed by atoms with Gasteiger partial charge in [-0.3, -0.25) is 0 Å². The molecule has 5 heteroatoms. The smallest absolute Gasteiger partial charge is 0.220 e. The number of pyridine rings is 1. The van der Waals surface area contributed by atoms with E-state index in [1.165, 1.54) is 11.1 Å². The first-order valence-corrected chi connectivity index (χ1v) is 12.8. The highest BCUT2D eigenvalue weighted by Crippen LogP contribution is 2.43. The van der Waals surface area contributed by atoms with Gasteiger partial charge in [0.25, 0.3) is 0 Å². The standard InChI is InChI=1S/C34H30NO4/c1-35-19-30-25(15-14-24(20-36)34(30)39-4)28-16-26(23-12-10-22(11-13-23)21-8-6-5-7-9-21)27-17-31(37-2)32(38-3)18-29(27)33(28)35/h5-19,36H,20H2,1-4H3/q+1. The fourth-order valence-electron chi connectivity index (χ4n) is 5.66. The molecule has 5 aromatic carbocycles. The molecule has 0 fully saturated rings. The van der Waals surface area contributed by atoms with Crippen LogP contribution in [0, 0.1) is 0 Å². The topological polar surface area (TPSA) is 51.8 Å². The van der Waals surface area contributed by atoms with Gasteiger partial charge in [0, 0.05) is 16.3 Å². The zero-order valence-electron chi connectivity index (χ0n) is 22.5. The van der Waals surface area contributed by atoms with Crippen LogP contribution in [0.2, 0.25) is 0 Å². The Kier molecular flexibility index (Phi) is 6.29. The van der Waals surface area contributed by atoms with Gasteiger partial charge in [0.15, 0.2) is 17.7 Å². The molecule has 0 saturated carbocycles. The van der Waals surface area contributed by atoms with Crippen LogP contribution in [-0.2, 0) is 13.7 Å². The lowest BCUT2D eigenvalue weighted by Gasteiger charge is -2.16. The lowest BCUT2D eigenvalue weighted by atomic mass is 9.91. The van der Waals surface area contributed by atoms with Crippen molar-refractivity contribution < 1.29 is 23.9 Å². The molecule has 1 aromatic heterocycles. The minimum Gasteiger partial charge on any atom is -0.495 e. The van der Waals surface area contributed by atoms with Crippen LogP contribution >= 0.6 is 0 Å². The molecule has 0 aliphatic carbocycles. The fraction of sp³-hybridized carbons (Fsp3) is 0.147. The van der Waals surface area contributed by atoms with Crippen molar-refractivity contribution in [2.45, 2.75) is 6.61 Å². The van der Waals surface area contributed by atoms with Crippen LogP contribution in [0.1, 0.15) is 5.56 Å². The van der Waals surface area contributed by atoms with Gasteiger partial charge in [-0.15, -0.1) is 0 Å². The number of benzene rings is 5. The Labute approximate surface area is 227 Å². The van der Waals surface area contributed by atoms with Crippen molar-refractivity contribution in [1.82, 2.24) is 0 Å². The first-order valence-electron chi connectivity index (χ1n) is 12.8. The van der Waals surface area contributed by atoms with E-state index < -0.39 is 0 Å². The van der Waals surface area contributed by atoms with E-state index in [2.05, 4.69) is 83.6 Å². The van der Waals surface area contributed by atoms with Crippen molar-refractivity contribution in [3.05, 3.63) is 96.7 Å². The second-order valence-corrected chi connectivity index (χ2v) is 9.63. The Bertz CT molecular complexity index is 1840. The molecule has 6 aromatic rings. The maximum Gasteiger partial charge on any atom is 0.220 e. The molecule has 0 unspecified atom stereocenters. The highest BCUT2D eigenvalue weighted by atomic mass is 16.5. The summed E-state index contributed by atoms with van der Waals surface area (Å²) in [4.78, 5) is 0. The van der Waals surface area contributed by atoms with Gasteiger partial charge in [-0.25, -0.2) is 0 Å². The molecule has 0 amide bonds. The molecular formula is C34H30NO4+. The molecule has 0 aliphatic rings. The summed E-state index contributed by atoms with van der Waals surface area (Å²) in [6.07, 6.45) is 2.07. The van der Waals surface area contributed by atoms with Crippen LogP contribution in [0.25, 0.3) is 54.7 Å². The lowest BCUT2D eigenvalue weighted by molar-refractivity contribution is -0.642. The average Bonchev–Trinajstić information content (AvgIpc) is 2.99. The van der Waals surface area contributed by atoms with E-state index in [0.29, 0.717) is 17.2 Å². The van der Waals surface area contributed by atoms with Crippen LogP contribution in [0.5, 0.6) is 17.2 Å². The normalized spacial score (nSPS) is 11.3. The van der Waals surface area contributed by atoms with E-state index in [-0.39, 0.29) is 6.61 Å². The van der Waals surface area contributed by atoms with E-state index in [9.17, 15) is 5.11 Å². The number of aromatic nitrogens is 1. The van der Waals surface area contributed by atoms with Crippen molar-refractivity contribution >= 4 is 32.4 Å². The summed E-state index contributed by atoms with van der Waals surface area (Å²) in [6.45, 7) is -0.0887. The van der Waals surface area contributed by atoms with Gasteiger partial charge < -0.3 is 19.3 Å². The summed E-state index contributed by atoms with van der Waals surface area (Å²) in [7, 11) is 7.01. The predicted octanol–water partition coefficient (Wildman–Crippen LogP) is 6.82. The maximum absolute atomic E-state index is 9.92. The molecule has 6 rings (SSSR count). The molecule has 0 radical (unpaired) electrons. The van der Waals surface area contributed by atoms with Gasteiger partial charge in [0.1, 0.15) is 12.8 Å². The number of ether oxygens (including phenoxy) is 3. The summed E-state index contributed by atoms with van der Waals surface area (Å²) in [6, 6.07) is 29.5. The van der Waals surface area contributed by atoms with E-state index in [1.54, 1.807) is 21.3 Å². The second-order valence-electron chi connectivity index (χ2n) is 9.63. The monoisotopic (exact) mass is 516 g/mol. The number of aryl methyl sites for hydroxylation is 1. The maximum atomic E-state index is 9.92. The first-order chi connectivity index (χ1) is 19.1. The number of nitrogens with zero attached hydrogens (tertiary/aromatic N) is 1. The summed E-state index contributed by atoms with van der Waals surface area (Å²) in [5.41, 5.74) is 6.38. The van der Waals surface area contributed by atoms with Crippen LogP contribution < -0.4 is 18.8 Å². The van der Waals surface area contributed by atoms with Gasteiger partial charge in [0.2, 0.25) is 5.52 Å². The zero-order chi connectivity index (χ0) is 27.1. The lowest BCUT2D eigenvalue weighted by Crippen LogP contribution is -2.29. The Morgan fingerprint density at radius 1 is 0.615 bits per heavy atom. The fourth-order valence-corrected chi connectivity index (χ4v) is 5.66. The summed E-state index contributed by atoms with van der Waals surface area (Å²) in [5.74, 6) is 2.05. The summed E-state index contributed by atoms with van der Waals surface area (Å²) in [5, 5.41) is 15.1. The SMILES string of the molecule is COc1cc2c(-c3ccc(-c4ccccc4)cc3)cc3c4ccc(CO)c(OC)c4c[n+](C)c3c2cc1OC. The van der Waals surface area contributed by atoms with Crippen LogP contribution in [0.3, 0.4) is 0 Å². The number of hydrogen-bond donors (Lipinski definition) is 1. The summed E-state index contributed by atoms with van der Waals surface area (Å²) < 4.78 is 19.3. The average molecular weight is 517 g/mol. The van der Waals surface area contributed by atoms with Gasteiger partial charge in [-0.05, 0) is 40.5 Å². The molecule has 1 N–H and O–H groups in total. The largest absolute Gasteiger partial charge is 0.495 e. The van der Waals surface area contributed by atoms with E-state index in [1.807, 2.05) is 19.2 Å². The minimum absolute atomic E-state index is 0.0887. The molecule has 0 saturated heterocycles. The van der Waals surface area contributed by atoms with Gasteiger partial charge in [-0.1, -0.05) is 66.7 Å². The molecular weight excluding hydrogens is 486 g/mol. The Morgan fingerprint density at radius 3 is 1.87 bits per heavy atom. The number of rotatable bonds is 6. The van der Waals surface area contributed by atoms with Crippen molar-refractivity contribution in [3.8, 4) is 39.5 Å².